The molecule has 0 saturated carbocycles. The van der Waals surface area contributed by atoms with Gasteiger partial charge in [0.2, 0.25) is 5.91 Å². The molecule has 0 aliphatic heterocycles. The first-order chi connectivity index (χ1) is 7.04. The maximum absolute atomic E-state index is 11.5. The lowest BCUT2D eigenvalue weighted by atomic mass is 9.92. The monoisotopic (exact) mass is 230 g/mol. The van der Waals surface area contributed by atoms with E-state index in [0.717, 1.165) is 0 Å². The minimum absolute atomic E-state index is 0.0490. The van der Waals surface area contributed by atoms with Crippen molar-refractivity contribution >= 4 is 5.91 Å². The number of hydrogen-bond acceptors (Lipinski definition) is 3. The van der Waals surface area contributed by atoms with Crippen molar-refractivity contribution in [2.24, 2.45) is 5.92 Å². The van der Waals surface area contributed by atoms with Gasteiger partial charge in [0, 0.05) is 12.1 Å². The van der Waals surface area contributed by atoms with Crippen LogP contribution in [-0.2, 0) is 4.79 Å². The second kappa shape index (κ2) is 5.64. The third kappa shape index (κ3) is 6.80. The summed E-state index contributed by atoms with van der Waals surface area (Å²) in [6, 6.07) is 0. The van der Waals surface area contributed by atoms with Crippen LogP contribution >= 0.6 is 0 Å². The van der Waals surface area contributed by atoms with Crippen molar-refractivity contribution in [3.63, 3.8) is 0 Å². The van der Waals surface area contributed by atoms with Gasteiger partial charge in [0.05, 0.1) is 12.1 Å². The first kappa shape index (κ1) is 15.4. The molecule has 0 rings (SSSR count). The van der Waals surface area contributed by atoms with E-state index in [-0.39, 0.29) is 23.9 Å². The summed E-state index contributed by atoms with van der Waals surface area (Å²) in [5.41, 5.74) is -0.985. The van der Waals surface area contributed by atoms with Crippen molar-refractivity contribution in [3.8, 4) is 0 Å². The Bertz CT molecular complexity index is 230. The average molecular weight is 230 g/mol. The molecule has 0 aromatic carbocycles. The molecule has 1 atom stereocenters. The zero-order valence-electron chi connectivity index (χ0n) is 11.3. The molecule has 1 amide bonds. The summed E-state index contributed by atoms with van der Waals surface area (Å²) in [5, 5.41) is 15.8. The Hall–Kier alpha value is -0.610. The topological polar surface area (TPSA) is 61.4 Å². The Morgan fingerprint density at radius 3 is 2.12 bits per heavy atom. The van der Waals surface area contributed by atoms with Crippen LogP contribution in [0.4, 0.5) is 0 Å². The number of rotatable bonds is 5. The highest BCUT2D eigenvalue weighted by Crippen LogP contribution is 2.14. The number of aliphatic hydroxyl groups is 1. The molecule has 0 saturated heterocycles. The SMILES string of the molecule is CC(C)C(C)(O)CNCC(=O)NC(C)(C)C. The van der Waals surface area contributed by atoms with E-state index < -0.39 is 5.60 Å². The Labute approximate surface area is 98.8 Å². The van der Waals surface area contributed by atoms with Crippen molar-refractivity contribution < 1.29 is 9.90 Å². The minimum atomic E-state index is -0.776. The van der Waals surface area contributed by atoms with E-state index in [1.54, 1.807) is 6.92 Å². The highest BCUT2D eigenvalue weighted by molar-refractivity contribution is 5.78. The second-order valence-corrected chi connectivity index (χ2v) is 5.91. The number of carbonyl (C=O) groups excluding carboxylic acids is 1. The number of carbonyl (C=O) groups is 1. The van der Waals surface area contributed by atoms with E-state index >= 15 is 0 Å². The molecule has 4 nitrogen and oxygen atoms in total. The Morgan fingerprint density at radius 2 is 1.75 bits per heavy atom. The van der Waals surface area contributed by atoms with Gasteiger partial charge in [-0.2, -0.15) is 0 Å². The fraction of sp³-hybridized carbons (Fsp3) is 0.917. The molecule has 1 unspecified atom stereocenters. The summed E-state index contributed by atoms with van der Waals surface area (Å²) >= 11 is 0. The van der Waals surface area contributed by atoms with Crippen LogP contribution < -0.4 is 10.6 Å². The molecular formula is C12H26N2O2. The number of amides is 1. The lowest BCUT2D eigenvalue weighted by molar-refractivity contribution is -0.121. The predicted molar refractivity (Wildman–Crippen MR) is 66.2 cm³/mol. The molecule has 0 aliphatic carbocycles. The largest absolute Gasteiger partial charge is 0.389 e. The molecule has 0 fully saturated rings. The minimum Gasteiger partial charge on any atom is -0.389 e. The molecule has 0 radical (unpaired) electrons. The van der Waals surface area contributed by atoms with Gasteiger partial charge in [-0.3, -0.25) is 4.79 Å². The lowest BCUT2D eigenvalue weighted by Gasteiger charge is -2.28. The highest BCUT2D eigenvalue weighted by Gasteiger charge is 2.24. The van der Waals surface area contributed by atoms with Crippen LogP contribution in [0.15, 0.2) is 0 Å². The van der Waals surface area contributed by atoms with E-state index in [4.69, 9.17) is 0 Å². The van der Waals surface area contributed by atoms with Crippen LogP contribution in [0.5, 0.6) is 0 Å². The van der Waals surface area contributed by atoms with Gasteiger partial charge in [0.1, 0.15) is 0 Å². The van der Waals surface area contributed by atoms with Crippen LogP contribution in [0.1, 0.15) is 41.5 Å². The van der Waals surface area contributed by atoms with Crippen LogP contribution in [-0.4, -0.2) is 35.2 Å². The Kier molecular flexibility index (Phi) is 5.42. The summed E-state index contributed by atoms with van der Waals surface area (Å²) in [4.78, 5) is 11.5. The second-order valence-electron chi connectivity index (χ2n) is 5.91. The standard InChI is InChI=1S/C12H26N2O2/c1-9(2)12(6,16)8-13-7-10(15)14-11(3,4)5/h9,13,16H,7-8H2,1-6H3,(H,14,15). The third-order valence-corrected chi connectivity index (χ3v) is 2.53. The molecule has 16 heavy (non-hydrogen) atoms. The average Bonchev–Trinajstić information content (AvgIpc) is 1.99. The van der Waals surface area contributed by atoms with Crippen LogP contribution in [0.25, 0.3) is 0 Å². The van der Waals surface area contributed by atoms with Gasteiger partial charge in [-0.1, -0.05) is 13.8 Å². The van der Waals surface area contributed by atoms with Crippen LogP contribution in [0.2, 0.25) is 0 Å². The summed E-state index contributed by atoms with van der Waals surface area (Å²) in [7, 11) is 0. The molecule has 0 spiro atoms. The zero-order valence-corrected chi connectivity index (χ0v) is 11.3. The predicted octanol–water partition coefficient (Wildman–Crippen LogP) is 0.898. The van der Waals surface area contributed by atoms with Gasteiger partial charge < -0.3 is 15.7 Å². The van der Waals surface area contributed by atoms with E-state index in [1.807, 2.05) is 34.6 Å². The zero-order chi connectivity index (χ0) is 13.0. The van der Waals surface area contributed by atoms with E-state index in [2.05, 4.69) is 10.6 Å². The molecule has 0 bridgehead atoms. The molecule has 0 aromatic heterocycles. The van der Waals surface area contributed by atoms with Crippen molar-refractivity contribution in [1.82, 2.24) is 10.6 Å². The maximum atomic E-state index is 11.5. The quantitative estimate of drug-likeness (QED) is 0.657. The summed E-state index contributed by atoms with van der Waals surface area (Å²) in [6.45, 7) is 12.2. The van der Waals surface area contributed by atoms with Gasteiger partial charge in [-0.05, 0) is 33.6 Å². The number of nitrogens with one attached hydrogen (secondary N) is 2. The Morgan fingerprint density at radius 1 is 1.25 bits per heavy atom. The van der Waals surface area contributed by atoms with Crippen molar-refractivity contribution in [3.05, 3.63) is 0 Å². The van der Waals surface area contributed by atoms with Gasteiger partial charge >= 0.3 is 0 Å². The first-order valence-corrected chi connectivity index (χ1v) is 5.79. The first-order valence-electron chi connectivity index (χ1n) is 5.79. The van der Waals surface area contributed by atoms with Crippen molar-refractivity contribution in [2.45, 2.75) is 52.7 Å². The molecular weight excluding hydrogens is 204 g/mol. The molecule has 96 valence electrons. The molecule has 0 heterocycles. The number of hydrogen-bond donors (Lipinski definition) is 3. The fourth-order valence-electron chi connectivity index (χ4n) is 1.10. The lowest BCUT2D eigenvalue weighted by Crippen LogP contribution is -2.48. The molecule has 0 aromatic rings. The smallest absolute Gasteiger partial charge is 0.234 e. The van der Waals surface area contributed by atoms with E-state index in [1.165, 1.54) is 0 Å². The van der Waals surface area contributed by atoms with Gasteiger partial charge in [0.15, 0.2) is 0 Å². The molecule has 3 N–H and O–H groups in total. The summed E-state index contributed by atoms with van der Waals surface area (Å²) in [5.74, 6) is 0.109. The fourth-order valence-corrected chi connectivity index (χ4v) is 1.10. The molecule has 4 heteroatoms. The van der Waals surface area contributed by atoms with E-state index in [9.17, 15) is 9.90 Å². The maximum Gasteiger partial charge on any atom is 0.234 e. The third-order valence-electron chi connectivity index (χ3n) is 2.53. The van der Waals surface area contributed by atoms with Gasteiger partial charge in [-0.15, -0.1) is 0 Å². The van der Waals surface area contributed by atoms with E-state index in [0.29, 0.717) is 6.54 Å². The van der Waals surface area contributed by atoms with Gasteiger partial charge in [0.25, 0.3) is 0 Å². The van der Waals surface area contributed by atoms with Crippen LogP contribution in [0, 0.1) is 5.92 Å². The van der Waals surface area contributed by atoms with Crippen molar-refractivity contribution in [2.75, 3.05) is 13.1 Å². The Balaban J connectivity index is 3.87. The highest BCUT2D eigenvalue weighted by atomic mass is 16.3. The summed E-state index contributed by atoms with van der Waals surface area (Å²) in [6.07, 6.45) is 0. The normalized spacial score (nSPS) is 16.0. The summed E-state index contributed by atoms with van der Waals surface area (Å²) < 4.78 is 0. The molecule has 0 aliphatic rings. The van der Waals surface area contributed by atoms with Crippen LogP contribution in [0.3, 0.4) is 0 Å². The van der Waals surface area contributed by atoms with Crippen molar-refractivity contribution in [1.29, 1.82) is 0 Å². The van der Waals surface area contributed by atoms with Gasteiger partial charge in [-0.25, -0.2) is 0 Å².